The summed E-state index contributed by atoms with van der Waals surface area (Å²) in [5.41, 5.74) is 1.65. The van der Waals surface area contributed by atoms with E-state index in [9.17, 15) is 13.2 Å². The first kappa shape index (κ1) is 15.3. The molecular weight excluding hydrogens is 281 g/mol. The number of ether oxygens (including phenoxy) is 1. The summed E-state index contributed by atoms with van der Waals surface area (Å²) in [6.07, 6.45) is -2.96. The normalized spacial score (nSPS) is 11.7. The maximum Gasteiger partial charge on any atom is 0.573 e. The van der Waals surface area contributed by atoms with Crippen molar-refractivity contribution in [2.24, 2.45) is 0 Å². The lowest BCUT2D eigenvalue weighted by molar-refractivity contribution is -0.274. The number of hydrogen-bond acceptors (Lipinski definition) is 3. The van der Waals surface area contributed by atoms with Gasteiger partial charge in [0.2, 0.25) is 0 Å². The predicted molar refractivity (Wildman–Crippen MR) is 72.5 cm³/mol. The fraction of sp³-hybridized carbons (Fsp3) is 0.267. The average Bonchev–Trinajstić information content (AvgIpc) is 2.38. The Labute approximate surface area is 121 Å². The monoisotopic (exact) mass is 296 g/mol. The second-order valence-corrected chi connectivity index (χ2v) is 4.69. The fourth-order valence-corrected chi connectivity index (χ4v) is 1.98. The van der Waals surface area contributed by atoms with Gasteiger partial charge in [-0.3, -0.25) is 9.88 Å². The number of rotatable bonds is 5. The van der Waals surface area contributed by atoms with Crippen molar-refractivity contribution in [3.63, 3.8) is 0 Å². The Morgan fingerprint density at radius 3 is 2.57 bits per heavy atom. The molecule has 0 spiro atoms. The zero-order valence-electron chi connectivity index (χ0n) is 11.5. The minimum atomic E-state index is -4.67. The second kappa shape index (κ2) is 6.58. The molecule has 112 valence electrons. The Balaban J connectivity index is 1.97. The van der Waals surface area contributed by atoms with E-state index in [2.05, 4.69) is 9.72 Å². The Hall–Kier alpha value is -2.08. The molecule has 1 heterocycles. The predicted octanol–water partition coefficient (Wildman–Crippen LogP) is 3.61. The van der Waals surface area contributed by atoms with Crippen LogP contribution in [0.5, 0.6) is 5.75 Å². The van der Waals surface area contributed by atoms with Crippen LogP contribution in [0.25, 0.3) is 0 Å². The smallest absolute Gasteiger partial charge is 0.406 e. The average molecular weight is 296 g/mol. The van der Waals surface area contributed by atoms with Gasteiger partial charge in [-0.2, -0.15) is 0 Å². The summed E-state index contributed by atoms with van der Waals surface area (Å²) in [5, 5.41) is 0. The third-order valence-corrected chi connectivity index (χ3v) is 2.74. The van der Waals surface area contributed by atoms with E-state index in [1.165, 1.54) is 12.1 Å². The quantitative estimate of drug-likeness (QED) is 0.842. The molecule has 0 atom stereocenters. The molecule has 0 saturated carbocycles. The van der Waals surface area contributed by atoms with Crippen LogP contribution in [0.2, 0.25) is 0 Å². The topological polar surface area (TPSA) is 25.4 Å². The molecule has 3 nitrogen and oxygen atoms in total. The van der Waals surface area contributed by atoms with Crippen LogP contribution in [0.1, 0.15) is 11.3 Å². The molecule has 0 aliphatic rings. The SMILES string of the molecule is CN(Cc1cccc(OC(F)(F)F)c1)Cc1ccccn1. The van der Waals surface area contributed by atoms with Crippen molar-refractivity contribution < 1.29 is 17.9 Å². The minimum Gasteiger partial charge on any atom is -0.406 e. The third-order valence-electron chi connectivity index (χ3n) is 2.74. The van der Waals surface area contributed by atoms with Gasteiger partial charge < -0.3 is 4.74 Å². The number of aromatic nitrogens is 1. The lowest BCUT2D eigenvalue weighted by Crippen LogP contribution is -2.19. The Morgan fingerprint density at radius 2 is 1.90 bits per heavy atom. The van der Waals surface area contributed by atoms with E-state index >= 15 is 0 Å². The Kier molecular flexibility index (Phi) is 4.80. The minimum absolute atomic E-state index is 0.203. The second-order valence-electron chi connectivity index (χ2n) is 4.69. The van der Waals surface area contributed by atoms with Gasteiger partial charge in [-0.05, 0) is 36.9 Å². The van der Waals surface area contributed by atoms with Crippen LogP contribution >= 0.6 is 0 Å². The number of halogens is 3. The van der Waals surface area contributed by atoms with Gasteiger partial charge in [0.25, 0.3) is 0 Å². The summed E-state index contributed by atoms with van der Waals surface area (Å²) in [4.78, 5) is 6.18. The van der Waals surface area contributed by atoms with Gasteiger partial charge in [-0.25, -0.2) is 0 Å². The van der Waals surface area contributed by atoms with Crippen LogP contribution in [0.4, 0.5) is 13.2 Å². The van der Waals surface area contributed by atoms with Gasteiger partial charge in [-0.1, -0.05) is 18.2 Å². The van der Waals surface area contributed by atoms with Crippen LogP contribution in [0.15, 0.2) is 48.7 Å². The van der Waals surface area contributed by atoms with Gasteiger partial charge in [0.1, 0.15) is 5.75 Å². The van der Waals surface area contributed by atoms with Crippen molar-refractivity contribution in [1.82, 2.24) is 9.88 Å². The van der Waals surface area contributed by atoms with Gasteiger partial charge in [0.15, 0.2) is 0 Å². The van der Waals surface area contributed by atoms with Gasteiger partial charge in [0, 0.05) is 19.3 Å². The number of hydrogen-bond donors (Lipinski definition) is 0. The largest absolute Gasteiger partial charge is 0.573 e. The highest BCUT2D eigenvalue weighted by atomic mass is 19.4. The van der Waals surface area contributed by atoms with Gasteiger partial charge >= 0.3 is 6.36 Å². The maximum atomic E-state index is 12.2. The van der Waals surface area contributed by atoms with Crippen LogP contribution in [0, 0.1) is 0 Å². The summed E-state index contributed by atoms with van der Waals surface area (Å²) >= 11 is 0. The van der Waals surface area contributed by atoms with Crippen molar-refractivity contribution in [2.45, 2.75) is 19.5 Å². The van der Waals surface area contributed by atoms with Crippen molar-refractivity contribution in [2.75, 3.05) is 7.05 Å². The van der Waals surface area contributed by atoms with Crippen molar-refractivity contribution >= 4 is 0 Å². The highest BCUT2D eigenvalue weighted by molar-refractivity contribution is 5.28. The number of benzene rings is 1. The zero-order chi connectivity index (χ0) is 15.3. The van der Waals surface area contributed by atoms with E-state index in [-0.39, 0.29) is 5.75 Å². The van der Waals surface area contributed by atoms with E-state index in [0.717, 1.165) is 11.3 Å². The van der Waals surface area contributed by atoms with Crippen LogP contribution in [0.3, 0.4) is 0 Å². The molecule has 0 bridgehead atoms. The first-order chi connectivity index (χ1) is 9.92. The van der Waals surface area contributed by atoms with Gasteiger partial charge in [0.05, 0.1) is 5.69 Å². The Morgan fingerprint density at radius 1 is 1.10 bits per heavy atom. The first-order valence-electron chi connectivity index (χ1n) is 6.35. The van der Waals surface area contributed by atoms with Gasteiger partial charge in [-0.15, -0.1) is 13.2 Å². The summed E-state index contributed by atoms with van der Waals surface area (Å²) < 4.78 is 40.5. The molecule has 6 heteroatoms. The lowest BCUT2D eigenvalue weighted by Gasteiger charge is -2.17. The molecule has 0 fully saturated rings. The molecule has 0 unspecified atom stereocenters. The summed E-state index contributed by atoms with van der Waals surface area (Å²) in [7, 11) is 1.88. The molecular formula is C15H15F3N2O. The van der Waals surface area contributed by atoms with Crippen molar-refractivity contribution in [1.29, 1.82) is 0 Å². The molecule has 0 N–H and O–H groups in total. The highest BCUT2D eigenvalue weighted by Crippen LogP contribution is 2.23. The fourth-order valence-electron chi connectivity index (χ4n) is 1.98. The molecule has 21 heavy (non-hydrogen) atoms. The molecule has 1 aromatic heterocycles. The number of pyridine rings is 1. The van der Waals surface area contributed by atoms with Crippen molar-refractivity contribution in [3.8, 4) is 5.75 Å². The van der Waals surface area contributed by atoms with E-state index in [0.29, 0.717) is 13.1 Å². The molecule has 1 aromatic carbocycles. The molecule has 0 saturated heterocycles. The summed E-state index contributed by atoms with van der Waals surface area (Å²) in [6, 6.07) is 11.6. The highest BCUT2D eigenvalue weighted by Gasteiger charge is 2.31. The lowest BCUT2D eigenvalue weighted by atomic mass is 10.2. The molecule has 0 aliphatic heterocycles. The zero-order valence-corrected chi connectivity index (χ0v) is 11.5. The number of alkyl halides is 3. The molecule has 2 aromatic rings. The maximum absolute atomic E-state index is 12.2. The van der Waals surface area contributed by atoms with E-state index < -0.39 is 6.36 Å². The molecule has 0 amide bonds. The Bertz CT molecular complexity index is 573. The van der Waals surface area contributed by atoms with E-state index in [4.69, 9.17) is 0 Å². The van der Waals surface area contributed by atoms with E-state index in [1.807, 2.05) is 30.1 Å². The van der Waals surface area contributed by atoms with Crippen molar-refractivity contribution in [3.05, 3.63) is 59.9 Å². The van der Waals surface area contributed by atoms with Crippen LogP contribution in [-0.4, -0.2) is 23.3 Å². The first-order valence-corrected chi connectivity index (χ1v) is 6.35. The standard InChI is InChI=1S/C15H15F3N2O/c1-20(11-13-6-2-3-8-19-13)10-12-5-4-7-14(9-12)21-15(16,17)18/h2-9H,10-11H2,1H3. The molecule has 0 radical (unpaired) electrons. The molecule has 2 rings (SSSR count). The van der Waals surface area contributed by atoms with Crippen LogP contribution in [-0.2, 0) is 13.1 Å². The summed E-state index contributed by atoms with van der Waals surface area (Å²) in [5.74, 6) is -0.203. The molecule has 0 aliphatic carbocycles. The van der Waals surface area contributed by atoms with E-state index in [1.54, 1.807) is 18.3 Å². The third kappa shape index (κ3) is 5.43. The number of nitrogens with zero attached hydrogens (tertiary/aromatic N) is 2. The van der Waals surface area contributed by atoms with Crippen LogP contribution < -0.4 is 4.74 Å². The summed E-state index contributed by atoms with van der Waals surface area (Å²) in [6.45, 7) is 1.12.